The quantitative estimate of drug-likeness (QED) is 0.798. The van der Waals surface area contributed by atoms with E-state index in [1.165, 1.54) is 23.0 Å². The predicted octanol–water partition coefficient (Wildman–Crippen LogP) is 1.10. The molecule has 2 heterocycles. The number of sulfonamides is 1. The molecule has 1 unspecified atom stereocenters. The van der Waals surface area contributed by atoms with Gasteiger partial charge in [0.25, 0.3) is 10.0 Å². The Morgan fingerprint density at radius 1 is 1.45 bits per heavy atom. The molecule has 112 valence electrons. The number of halogens is 1. The first-order chi connectivity index (χ1) is 9.34. The maximum Gasteiger partial charge on any atom is 0.263 e. The number of carbonyl (C=O) groups excluding carboxylic acids is 1. The highest BCUT2D eigenvalue weighted by Gasteiger charge is 2.37. The molecule has 1 aliphatic heterocycles. The number of carbonyl (C=O) groups is 1. The topological polar surface area (TPSA) is 85.2 Å². The van der Waals surface area contributed by atoms with Crippen LogP contribution in [0, 0.1) is 0 Å². The number of nitrogens with zero attached hydrogens (tertiary/aromatic N) is 4. The molecule has 1 aromatic rings. The second kappa shape index (κ2) is 5.90. The molecule has 0 radical (unpaired) electrons. The lowest BCUT2D eigenvalue weighted by molar-refractivity contribution is -0.118. The van der Waals surface area contributed by atoms with Crippen LogP contribution in [0.4, 0.5) is 0 Å². The van der Waals surface area contributed by atoms with Gasteiger partial charge < -0.3 is 0 Å². The zero-order chi connectivity index (χ0) is 14.9. The largest absolute Gasteiger partial charge is 0.300 e. The number of ketones is 1. The number of piperidine rings is 1. The van der Waals surface area contributed by atoms with E-state index in [0.717, 1.165) is 12.8 Å². The SMILES string of the molecule is CC(=O)CC1CCCCN1S(=O)(=O)c1c(Br)nnn1C. The van der Waals surface area contributed by atoms with Gasteiger partial charge in [0.15, 0.2) is 4.60 Å². The summed E-state index contributed by atoms with van der Waals surface area (Å²) in [6.07, 6.45) is 2.70. The molecule has 20 heavy (non-hydrogen) atoms. The van der Waals surface area contributed by atoms with Crippen molar-refractivity contribution < 1.29 is 13.2 Å². The van der Waals surface area contributed by atoms with E-state index in [2.05, 4.69) is 26.2 Å². The molecule has 0 spiro atoms. The van der Waals surface area contributed by atoms with E-state index in [4.69, 9.17) is 0 Å². The minimum absolute atomic E-state index is 0.000651. The fourth-order valence-corrected chi connectivity index (χ4v) is 5.26. The van der Waals surface area contributed by atoms with Gasteiger partial charge in [-0.25, -0.2) is 13.1 Å². The number of Topliss-reactive ketones (excluding diaryl/α,β-unsaturated/α-hetero) is 1. The van der Waals surface area contributed by atoms with E-state index in [0.29, 0.717) is 13.0 Å². The number of rotatable bonds is 4. The molecule has 1 aliphatic rings. The van der Waals surface area contributed by atoms with Gasteiger partial charge in [0.05, 0.1) is 0 Å². The maximum absolute atomic E-state index is 12.8. The normalized spacial score (nSPS) is 21.1. The zero-order valence-electron chi connectivity index (χ0n) is 11.4. The highest BCUT2D eigenvalue weighted by atomic mass is 79.9. The van der Waals surface area contributed by atoms with Crippen LogP contribution in [-0.4, -0.2) is 46.1 Å². The van der Waals surface area contributed by atoms with Gasteiger partial charge in [-0.15, -0.1) is 5.10 Å². The van der Waals surface area contributed by atoms with Crippen molar-refractivity contribution in [1.29, 1.82) is 0 Å². The van der Waals surface area contributed by atoms with Gasteiger partial charge in [0.2, 0.25) is 5.03 Å². The van der Waals surface area contributed by atoms with E-state index >= 15 is 0 Å². The third kappa shape index (κ3) is 2.94. The summed E-state index contributed by atoms with van der Waals surface area (Å²) < 4.78 is 28.4. The summed E-state index contributed by atoms with van der Waals surface area (Å²) in [6.45, 7) is 1.92. The maximum atomic E-state index is 12.8. The number of aryl methyl sites for hydroxylation is 1. The molecule has 1 aromatic heterocycles. The monoisotopic (exact) mass is 364 g/mol. The van der Waals surface area contributed by atoms with Crippen LogP contribution in [-0.2, 0) is 21.9 Å². The lowest BCUT2D eigenvalue weighted by atomic mass is 10.0. The first kappa shape index (κ1) is 15.6. The minimum Gasteiger partial charge on any atom is -0.300 e. The minimum atomic E-state index is -3.70. The molecule has 1 fully saturated rings. The van der Waals surface area contributed by atoms with Crippen LogP contribution in [0.15, 0.2) is 9.63 Å². The lowest BCUT2D eigenvalue weighted by Crippen LogP contribution is -2.45. The Hall–Kier alpha value is -0.800. The second-order valence-corrected chi connectivity index (χ2v) is 7.54. The summed E-state index contributed by atoms with van der Waals surface area (Å²) in [7, 11) is -2.17. The van der Waals surface area contributed by atoms with Crippen molar-refractivity contribution in [3.8, 4) is 0 Å². The van der Waals surface area contributed by atoms with Crippen molar-refractivity contribution in [3.05, 3.63) is 4.60 Å². The average Bonchev–Trinajstić information content (AvgIpc) is 2.69. The van der Waals surface area contributed by atoms with Gasteiger partial charge in [-0.3, -0.25) is 4.79 Å². The van der Waals surface area contributed by atoms with Crippen LogP contribution < -0.4 is 0 Å². The highest BCUT2D eigenvalue weighted by molar-refractivity contribution is 9.10. The van der Waals surface area contributed by atoms with Crippen LogP contribution in [0.5, 0.6) is 0 Å². The van der Waals surface area contributed by atoms with E-state index in [1.54, 1.807) is 0 Å². The fraction of sp³-hybridized carbons (Fsp3) is 0.727. The van der Waals surface area contributed by atoms with Gasteiger partial charge in [-0.1, -0.05) is 11.6 Å². The van der Waals surface area contributed by atoms with Crippen LogP contribution >= 0.6 is 15.9 Å². The Labute approximate surface area is 126 Å². The summed E-state index contributed by atoms with van der Waals surface area (Å²) >= 11 is 3.12. The van der Waals surface area contributed by atoms with Gasteiger partial charge >= 0.3 is 0 Å². The van der Waals surface area contributed by atoms with E-state index in [-0.39, 0.29) is 27.9 Å². The van der Waals surface area contributed by atoms with Crippen LogP contribution in [0.3, 0.4) is 0 Å². The molecule has 1 atom stereocenters. The van der Waals surface area contributed by atoms with E-state index in [9.17, 15) is 13.2 Å². The predicted molar refractivity (Wildman–Crippen MR) is 75.5 cm³/mol. The Morgan fingerprint density at radius 3 is 2.70 bits per heavy atom. The van der Waals surface area contributed by atoms with Crippen molar-refractivity contribution in [2.75, 3.05) is 6.54 Å². The first-order valence-corrected chi connectivity index (χ1v) is 8.64. The molecular weight excluding hydrogens is 348 g/mol. The zero-order valence-corrected chi connectivity index (χ0v) is 13.8. The van der Waals surface area contributed by atoms with Crippen LogP contribution in [0.2, 0.25) is 0 Å². The van der Waals surface area contributed by atoms with Crippen molar-refractivity contribution in [3.63, 3.8) is 0 Å². The Morgan fingerprint density at radius 2 is 2.15 bits per heavy atom. The average molecular weight is 365 g/mol. The second-order valence-electron chi connectivity index (χ2n) is 4.98. The Bertz CT molecular complexity index is 594. The van der Waals surface area contributed by atoms with Crippen molar-refractivity contribution in [1.82, 2.24) is 19.3 Å². The molecule has 2 rings (SSSR count). The van der Waals surface area contributed by atoms with Gasteiger partial charge in [0, 0.05) is 26.1 Å². The van der Waals surface area contributed by atoms with Crippen molar-refractivity contribution in [2.45, 2.75) is 43.7 Å². The van der Waals surface area contributed by atoms with E-state index < -0.39 is 10.0 Å². The van der Waals surface area contributed by atoms with Crippen molar-refractivity contribution >= 4 is 31.7 Å². The molecule has 9 heteroatoms. The van der Waals surface area contributed by atoms with Gasteiger partial charge in [0.1, 0.15) is 5.78 Å². The molecule has 0 bridgehead atoms. The number of hydrogen-bond donors (Lipinski definition) is 0. The third-order valence-corrected chi connectivity index (χ3v) is 6.23. The fourth-order valence-electron chi connectivity index (χ4n) is 2.53. The Kier molecular flexibility index (Phi) is 4.60. The summed E-state index contributed by atoms with van der Waals surface area (Å²) in [4.78, 5) is 11.3. The highest BCUT2D eigenvalue weighted by Crippen LogP contribution is 2.29. The number of hydrogen-bond acceptors (Lipinski definition) is 5. The number of aromatic nitrogens is 3. The molecule has 0 N–H and O–H groups in total. The van der Waals surface area contributed by atoms with E-state index in [1.807, 2.05) is 0 Å². The summed E-state index contributed by atoms with van der Waals surface area (Å²) in [6, 6.07) is -0.270. The van der Waals surface area contributed by atoms with Gasteiger partial charge in [-0.05, 0) is 35.7 Å². The molecule has 0 aromatic carbocycles. The molecule has 7 nitrogen and oxygen atoms in total. The molecule has 0 saturated carbocycles. The summed E-state index contributed by atoms with van der Waals surface area (Å²) in [5, 5.41) is 7.47. The molecular formula is C11H17BrN4O3S. The molecule has 1 saturated heterocycles. The van der Waals surface area contributed by atoms with Gasteiger partial charge in [-0.2, -0.15) is 4.31 Å². The van der Waals surface area contributed by atoms with Crippen LogP contribution in [0.25, 0.3) is 0 Å². The molecule has 0 amide bonds. The van der Waals surface area contributed by atoms with Crippen molar-refractivity contribution in [2.24, 2.45) is 7.05 Å². The van der Waals surface area contributed by atoms with Crippen LogP contribution in [0.1, 0.15) is 32.6 Å². The third-order valence-electron chi connectivity index (χ3n) is 3.39. The summed E-state index contributed by atoms with van der Waals surface area (Å²) in [5.74, 6) is -0.000651. The first-order valence-electron chi connectivity index (χ1n) is 6.40. The lowest BCUT2D eigenvalue weighted by Gasteiger charge is -2.33. The Balaban J connectivity index is 2.38. The smallest absolute Gasteiger partial charge is 0.263 e. The summed E-state index contributed by atoms with van der Waals surface area (Å²) in [5.41, 5.74) is 0. The standard InChI is InChI=1S/C11H17BrN4O3S/c1-8(17)7-9-5-3-4-6-16(9)20(18,19)11-10(12)13-14-15(11)2/h9H,3-7H2,1-2H3. The molecule has 0 aliphatic carbocycles.